The predicted octanol–water partition coefficient (Wildman–Crippen LogP) is -0.253. The first kappa shape index (κ1) is 10.6. The van der Waals surface area contributed by atoms with Crippen LogP contribution in [-0.2, 0) is 9.59 Å². The Kier molecular flexibility index (Phi) is 3.52. The van der Waals surface area contributed by atoms with Crippen molar-refractivity contribution < 1.29 is 9.59 Å². The van der Waals surface area contributed by atoms with Gasteiger partial charge < -0.3 is 10.2 Å². The van der Waals surface area contributed by atoms with Crippen molar-refractivity contribution in [3.63, 3.8) is 0 Å². The van der Waals surface area contributed by atoms with E-state index in [0.29, 0.717) is 19.4 Å². The van der Waals surface area contributed by atoms with Gasteiger partial charge in [0, 0.05) is 13.0 Å². The number of nitrogens with zero attached hydrogens (tertiary/aromatic N) is 1. The normalized spacial score (nSPS) is 21.7. The number of rotatable bonds is 3. The van der Waals surface area contributed by atoms with Crippen molar-refractivity contribution in [3.05, 3.63) is 0 Å². The number of hydrogen-bond acceptors (Lipinski definition) is 2. The molecule has 1 unspecified atom stereocenters. The highest BCUT2D eigenvalue weighted by Gasteiger charge is 2.30. The van der Waals surface area contributed by atoms with Gasteiger partial charge in [-0.3, -0.25) is 9.59 Å². The van der Waals surface area contributed by atoms with E-state index in [4.69, 9.17) is 6.42 Å². The highest BCUT2D eigenvalue weighted by molar-refractivity contribution is 5.94. The Balaban J connectivity index is 2.61. The van der Waals surface area contributed by atoms with Gasteiger partial charge in [0.15, 0.2) is 0 Å². The first-order valence-corrected chi connectivity index (χ1v) is 4.70. The van der Waals surface area contributed by atoms with E-state index in [2.05, 4.69) is 11.2 Å². The number of amides is 2. The van der Waals surface area contributed by atoms with Crippen molar-refractivity contribution in [2.75, 3.05) is 13.1 Å². The van der Waals surface area contributed by atoms with E-state index in [1.54, 1.807) is 0 Å². The molecule has 0 spiro atoms. The zero-order valence-corrected chi connectivity index (χ0v) is 8.25. The number of hydrogen-bond donors (Lipinski definition) is 1. The fourth-order valence-corrected chi connectivity index (χ4v) is 1.44. The van der Waals surface area contributed by atoms with Crippen LogP contribution in [0.5, 0.6) is 0 Å². The summed E-state index contributed by atoms with van der Waals surface area (Å²) >= 11 is 0. The van der Waals surface area contributed by atoms with Crippen LogP contribution in [0.4, 0.5) is 0 Å². The summed E-state index contributed by atoms with van der Waals surface area (Å²) in [6.07, 6.45) is 6.22. The van der Waals surface area contributed by atoms with E-state index in [1.807, 2.05) is 6.92 Å². The maximum Gasteiger partial charge on any atom is 0.245 e. The lowest BCUT2D eigenvalue weighted by atomic mass is 10.1. The molecule has 4 nitrogen and oxygen atoms in total. The first-order valence-electron chi connectivity index (χ1n) is 4.70. The number of terminal acetylenes is 1. The van der Waals surface area contributed by atoms with E-state index in [0.717, 1.165) is 0 Å². The predicted molar refractivity (Wildman–Crippen MR) is 52.3 cm³/mol. The van der Waals surface area contributed by atoms with E-state index in [1.165, 1.54) is 4.90 Å². The number of nitrogens with one attached hydrogen (secondary N) is 1. The minimum atomic E-state index is -0.367. The molecule has 0 bridgehead atoms. The molecule has 1 fully saturated rings. The second-order valence-electron chi connectivity index (χ2n) is 3.24. The average Bonchev–Trinajstić information content (AvgIpc) is 2.18. The van der Waals surface area contributed by atoms with Crippen molar-refractivity contribution in [3.8, 4) is 12.3 Å². The summed E-state index contributed by atoms with van der Waals surface area (Å²) in [7, 11) is 0. The highest BCUT2D eigenvalue weighted by Crippen LogP contribution is 2.05. The van der Waals surface area contributed by atoms with Crippen LogP contribution >= 0.6 is 0 Å². The monoisotopic (exact) mass is 194 g/mol. The topological polar surface area (TPSA) is 49.4 Å². The molecule has 1 atom stereocenters. The molecule has 2 amide bonds. The van der Waals surface area contributed by atoms with Gasteiger partial charge in [0.1, 0.15) is 6.04 Å². The lowest BCUT2D eigenvalue weighted by Crippen LogP contribution is -2.57. The molecule has 0 aromatic heterocycles. The van der Waals surface area contributed by atoms with Crippen molar-refractivity contribution in [2.24, 2.45) is 0 Å². The van der Waals surface area contributed by atoms with Gasteiger partial charge in [0.05, 0.1) is 6.54 Å². The van der Waals surface area contributed by atoms with Crippen LogP contribution in [0.25, 0.3) is 0 Å². The lowest BCUT2D eigenvalue weighted by Gasteiger charge is -2.31. The quantitative estimate of drug-likeness (QED) is 0.630. The van der Waals surface area contributed by atoms with Gasteiger partial charge in [0.25, 0.3) is 0 Å². The molecule has 1 N–H and O–H groups in total. The minimum absolute atomic E-state index is 0.0256. The summed E-state index contributed by atoms with van der Waals surface area (Å²) < 4.78 is 0. The van der Waals surface area contributed by atoms with Gasteiger partial charge >= 0.3 is 0 Å². The molecule has 1 aliphatic heterocycles. The summed E-state index contributed by atoms with van der Waals surface area (Å²) in [5.74, 6) is 2.33. The van der Waals surface area contributed by atoms with Crippen LogP contribution in [-0.4, -0.2) is 35.8 Å². The third-order valence-corrected chi connectivity index (χ3v) is 2.21. The van der Waals surface area contributed by atoms with Crippen molar-refractivity contribution in [1.29, 1.82) is 0 Å². The molecule has 0 aromatic rings. The fourth-order valence-electron chi connectivity index (χ4n) is 1.44. The second kappa shape index (κ2) is 4.66. The third kappa shape index (κ3) is 2.25. The van der Waals surface area contributed by atoms with Crippen molar-refractivity contribution >= 4 is 11.8 Å². The minimum Gasteiger partial charge on any atom is -0.343 e. The van der Waals surface area contributed by atoms with Crippen LogP contribution in [0.1, 0.15) is 19.8 Å². The van der Waals surface area contributed by atoms with Crippen molar-refractivity contribution in [1.82, 2.24) is 10.2 Å². The Morgan fingerprint density at radius 1 is 1.64 bits per heavy atom. The third-order valence-electron chi connectivity index (χ3n) is 2.21. The smallest absolute Gasteiger partial charge is 0.245 e. The Hall–Kier alpha value is -1.50. The summed E-state index contributed by atoms with van der Waals surface area (Å²) in [6.45, 7) is 2.48. The molecule has 1 heterocycles. The standard InChI is InChI=1S/C10H14N2O2/c1-3-5-6-12-7-9(13)11-8(4-2)10(12)14/h1,8H,4-7H2,2H3,(H,11,13). The van der Waals surface area contributed by atoms with Gasteiger partial charge in [-0.1, -0.05) is 6.92 Å². The van der Waals surface area contributed by atoms with Crippen LogP contribution in [0.3, 0.4) is 0 Å². The van der Waals surface area contributed by atoms with Gasteiger partial charge in [-0.05, 0) is 6.42 Å². The van der Waals surface area contributed by atoms with Crippen LogP contribution < -0.4 is 5.32 Å². The summed E-state index contributed by atoms with van der Waals surface area (Å²) in [6, 6.07) is -0.367. The Bertz CT molecular complexity index is 280. The largest absolute Gasteiger partial charge is 0.343 e. The average molecular weight is 194 g/mol. The molecule has 4 heteroatoms. The maximum absolute atomic E-state index is 11.7. The molecule has 1 rings (SSSR count). The van der Waals surface area contributed by atoms with E-state index < -0.39 is 0 Å². The number of carbonyl (C=O) groups excluding carboxylic acids is 2. The zero-order valence-electron chi connectivity index (χ0n) is 8.25. The molecule has 0 radical (unpaired) electrons. The Morgan fingerprint density at radius 2 is 2.36 bits per heavy atom. The molecule has 76 valence electrons. The molecule has 1 saturated heterocycles. The maximum atomic E-state index is 11.7. The molecule has 14 heavy (non-hydrogen) atoms. The molecule has 0 saturated carbocycles. The Morgan fingerprint density at radius 3 is 2.93 bits per heavy atom. The summed E-state index contributed by atoms with van der Waals surface area (Å²) in [5.41, 5.74) is 0. The second-order valence-corrected chi connectivity index (χ2v) is 3.24. The van der Waals surface area contributed by atoms with E-state index >= 15 is 0 Å². The van der Waals surface area contributed by atoms with Crippen LogP contribution in [0.15, 0.2) is 0 Å². The lowest BCUT2D eigenvalue weighted by molar-refractivity contribution is -0.144. The number of carbonyl (C=O) groups is 2. The molecular weight excluding hydrogens is 180 g/mol. The summed E-state index contributed by atoms with van der Waals surface area (Å²) in [4.78, 5) is 24.4. The van der Waals surface area contributed by atoms with Crippen molar-refractivity contribution in [2.45, 2.75) is 25.8 Å². The van der Waals surface area contributed by atoms with E-state index in [9.17, 15) is 9.59 Å². The van der Waals surface area contributed by atoms with Gasteiger partial charge in [-0.2, -0.15) is 0 Å². The summed E-state index contributed by atoms with van der Waals surface area (Å²) in [5, 5.41) is 2.64. The highest BCUT2D eigenvalue weighted by atomic mass is 16.2. The van der Waals surface area contributed by atoms with Gasteiger partial charge in [0.2, 0.25) is 11.8 Å². The van der Waals surface area contributed by atoms with Gasteiger partial charge in [-0.15, -0.1) is 12.3 Å². The molecule has 0 aromatic carbocycles. The van der Waals surface area contributed by atoms with Crippen LogP contribution in [0.2, 0.25) is 0 Å². The Labute approximate surface area is 83.6 Å². The molecular formula is C10H14N2O2. The van der Waals surface area contributed by atoms with Crippen LogP contribution in [0, 0.1) is 12.3 Å². The fraction of sp³-hybridized carbons (Fsp3) is 0.600. The van der Waals surface area contributed by atoms with Gasteiger partial charge in [-0.25, -0.2) is 0 Å². The SMILES string of the molecule is C#CCCN1CC(=O)NC(CC)C1=O. The molecule has 1 aliphatic rings. The first-order chi connectivity index (χ1) is 6.69. The molecule has 0 aliphatic carbocycles. The number of piperazine rings is 1. The zero-order chi connectivity index (χ0) is 10.6. The van der Waals surface area contributed by atoms with E-state index in [-0.39, 0.29) is 24.4 Å².